The lowest BCUT2D eigenvalue weighted by Gasteiger charge is -1.76. The highest BCUT2D eigenvalue weighted by Crippen LogP contribution is 1.94. The molecule has 1 nitrogen and oxygen atoms in total. The van der Waals surface area contributed by atoms with Crippen LogP contribution in [0.2, 0.25) is 0 Å². The van der Waals surface area contributed by atoms with E-state index < -0.39 is 5.83 Å². The zero-order chi connectivity index (χ0) is 6.57. The van der Waals surface area contributed by atoms with E-state index in [0.717, 1.165) is 12.2 Å². The van der Waals surface area contributed by atoms with Crippen molar-refractivity contribution >= 4 is 14.8 Å². The second-order valence-corrected chi connectivity index (χ2v) is 1.75. The van der Waals surface area contributed by atoms with Crippen LogP contribution in [-0.4, -0.2) is 5.52 Å². The van der Waals surface area contributed by atoms with Crippen molar-refractivity contribution in [3.05, 3.63) is 24.6 Å². The van der Waals surface area contributed by atoms with Crippen LogP contribution in [0.5, 0.6) is 0 Å². The molecular weight excluding hydrogens is 126 g/mol. The summed E-state index contributed by atoms with van der Waals surface area (Å²) in [6.07, 6.45) is 2.10. The summed E-state index contributed by atoms with van der Waals surface area (Å²) in [5.74, 6) is -0.610. The molecule has 0 saturated carbocycles. The van der Waals surface area contributed by atoms with Gasteiger partial charge < -0.3 is 0 Å². The maximum atomic E-state index is 11.6. The summed E-state index contributed by atoms with van der Waals surface area (Å²) in [4.78, 5) is 10.0. The summed E-state index contributed by atoms with van der Waals surface area (Å²) in [5, 5.41) is 0. The van der Waals surface area contributed by atoms with Crippen LogP contribution in [0.4, 0.5) is 4.39 Å². The number of carbonyl (C=O) groups is 1. The number of carbonyl (C=O) groups excluding carboxylic acids is 1. The lowest BCUT2D eigenvalue weighted by Crippen LogP contribution is -1.72. The van der Waals surface area contributed by atoms with Gasteiger partial charge in [-0.3, -0.25) is 4.79 Å². The van der Waals surface area contributed by atoms with E-state index in [0.29, 0.717) is 0 Å². The van der Waals surface area contributed by atoms with E-state index in [9.17, 15) is 9.18 Å². The molecule has 0 spiro atoms. The third-order valence-corrected chi connectivity index (χ3v) is 0.621. The van der Waals surface area contributed by atoms with Crippen LogP contribution in [0.25, 0.3) is 0 Å². The minimum atomic E-state index is -0.610. The molecule has 0 aromatic rings. The number of hydrogen-bond donors (Lipinski definition) is 0. The van der Waals surface area contributed by atoms with Crippen LogP contribution >= 0.6 is 9.24 Å². The van der Waals surface area contributed by atoms with Crippen molar-refractivity contribution in [3.63, 3.8) is 0 Å². The smallest absolute Gasteiger partial charge is 0.170 e. The highest BCUT2D eigenvalue weighted by Gasteiger charge is 1.81. The number of hydrogen-bond acceptors (Lipinski definition) is 1. The molecular formula is C5H6FOP. The van der Waals surface area contributed by atoms with Crippen molar-refractivity contribution in [2.24, 2.45) is 0 Å². The quantitative estimate of drug-likeness (QED) is 0.315. The summed E-state index contributed by atoms with van der Waals surface area (Å²) < 4.78 is 11.6. The van der Waals surface area contributed by atoms with Gasteiger partial charge in [-0.05, 0) is 12.2 Å². The molecule has 0 bridgehead atoms. The maximum Gasteiger partial charge on any atom is 0.170 e. The molecule has 0 aliphatic carbocycles. The monoisotopic (exact) mass is 132 g/mol. The third kappa shape index (κ3) is 5.51. The lowest BCUT2D eigenvalue weighted by molar-refractivity contribution is -0.107. The first-order valence-electron chi connectivity index (χ1n) is 1.95. The van der Waals surface area contributed by atoms with E-state index in [2.05, 4.69) is 6.58 Å². The molecule has 0 aliphatic rings. The predicted molar refractivity (Wildman–Crippen MR) is 34.1 cm³/mol. The Morgan fingerprint density at radius 1 is 1.62 bits per heavy atom. The molecule has 0 aliphatic heterocycles. The topological polar surface area (TPSA) is 17.1 Å². The van der Waals surface area contributed by atoms with Crippen LogP contribution in [0, 0.1) is 0 Å². The molecule has 1 unspecified atom stereocenters. The Kier molecular flexibility index (Phi) is 3.29. The Hall–Kier alpha value is -0.490. The first-order chi connectivity index (χ1) is 3.63. The van der Waals surface area contributed by atoms with Gasteiger partial charge in [-0.25, -0.2) is 4.39 Å². The molecule has 0 heterocycles. The van der Waals surface area contributed by atoms with Crippen molar-refractivity contribution in [1.29, 1.82) is 0 Å². The molecule has 0 N–H and O–H groups in total. The molecule has 0 amide bonds. The number of allylic oxidation sites excluding steroid dienone is 3. The Morgan fingerprint density at radius 2 is 2.12 bits per heavy atom. The van der Waals surface area contributed by atoms with E-state index in [1.165, 1.54) is 0 Å². The Labute approximate surface area is 49.5 Å². The number of halogens is 1. The van der Waals surface area contributed by atoms with Crippen molar-refractivity contribution in [2.45, 2.75) is 0 Å². The maximum absolute atomic E-state index is 11.6. The third-order valence-electron chi connectivity index (χ3n) is 0.428. The van der Waals surface area contributed by atoms with Gasteiger partial charge in [0.2, 0.25) is 0 Å². The summed E-state index contributed by atoms with van der Waals surface area (Å²) in [6, 6.07) is 0. The summed E-state index contributed by atoms with van der Waals surface area (Å²) in [6.45, 7) is 2.91. The normalized spacial score (nSPS) is 9.75. The van der Waals surface area contributed by atoms with Crippen LogP contribution in [0.15, 0.2) is 24.6 Å². The van der Waals surface area contributed by atoms with Gasteiger partial charge in [-0.1, -0.05) is 15.8 Å². The Bertz CT molecular complexity index is 123. The minimum absolute atomic E-state index is 0.260. The van der Waals surface area contributed by atoms with Crippen LogP contribution < -0.4 is 0 Å². The highest BCUT2D eigenvalue weighted by atomic mass is 31.0. The SMILES string of the molecule is C=C(F)/C=C\C(=O)P. The van der Waals surface area contributed by atoms with Gasteiger partial charge in [-0.2, -0.15) is 0 Å². The highest BCUT2D eigenvalue weighted by molar-refractivity contribution is 7.40. The average molecular weight is 132 g/mol. The minimum Gasteiger partial charge on any atom is -0.290 e. The van der Waals surface area contributed by atoms with E-state index in [-0.39, 0.29) is 5.52 Å². The van der Waals surface area contributed by atoms with Gasteiger partial charge in [0.15, 0.2) is 5.52 Å². The van der Waals surface area contributed by atoms with Gasteiger partial charge in [0.05, 0.1) is 0 Å². The molecule has 0 rings (SSSR count). The fourth-order valence-electron chi connectivity index (χ4n) is 0.173. The predicted octanol–water partition coefficient (Wildman–Crippen LogP) is 1.43. The average Bonchev–Trinajstić information content (AvgIpc) is 1.61. The van der Waals surface area contributed by atoms with Crippen molar-refractivity contribution in [1.82, 2.24) is 0 Å². The molecule has 0 aromatic carbocycles. The number of rotatable bonds is 2. The molecule has 0 saturated heterocycles. The second-order valence-electron chi connectivity index (χ2n) is 1.18. The fraction of sp³-hybridized carbons (Fsp3) is 0. The molecule has 1 atom stereocenters. The fourth-order valence-corrected chi connectivity index (χ4v) is 0.269. The summed E-state index contributed by atoms with van der Waals surface area (Å²) in [5.41, 5.74) is -0.260. The molecule has 0 fully saturated rings. The first kappa shape index (κ1) is 7.51. The summed E-state index contributed by atoms with van der Waals surface area (Å²) in [7, 11) is 1.89. The van der Waals surface area contributed by atoms with Gasteiger partial charge in [0, 0.05) is 0 Å². The summed E-state index contributed by atoms with van der Waals surface area (Å²) >= 11 is 0. The Balaban J connectivity index is 3.67. The van der Waals surface area contributed by atoms with E-state index >= 15 is 0 Å². The Morgan fingerprint density at radius 3 is 2.25 bits per heavy atom. The first-order valence-corrected chi connectivity index (χ1v) is 2.52. The van der Waals surface area contributed by atoms with Gasteiger partial charge in [-0.15, -0.1) is 0 Å². The van der Waals surface area contributed by atoms with E-state index in [1.807, 2.05) is 9.24 Å². The zero-order valence-electron chi connectivity index (χ0n) is 4.23. The zero-order valence-corrected chi connectivity index (χ0v) is 5.38. The molecule has 0 aromatic heterocycles. The largest absolute Gasteiger partial charge is 0.290 e. The van der Waals surface area contributed by atoms with Crippen molar-refractivity contribution in [3.8, 4) is 0 Å². The molecule has 8 heavy (non-hydrogen) atoms. The van der Waals surface area contributed by atoms with Crippen LogP contribution in [-0.2, 0) is 4.79 Å². The van der Waals surface area contributed by atoms with Gasteiger partial charge >= 0.3 is 0 Å². The van der Waals surface area contributed by atoms with E-state index in [1.54, 1.807) is 0 Å². The van der Waals surface area contributed by atoms with E-state index in [4.69, 9.17) is 0 Å². The molecule has 44 valence electrons. The second kappa shape index (κ2) is 3.50. The van der Waals surface area contributed by atoms with Gasteiger partial charge in [0.25, 0.3) is 0 Å². The van der Waals surface area contributed by atoms with Crippen molar-refractivity contribution < 1.29 is 9.18 Å². The van der Waals surface area contributed by atoms with Crippen LogP contribution in [0.1, 0.15) is 0 Å². The van der Waals surface area contributed by atoms with Gasteiger partial charge in [0.1, 0.15) is 5.83 Å². The molecule has 0 radical (unpaired) electrons. The standard InChI is InChI=1S/C5H6FOP/c1-4(6)2-3-5(7)8/h2-3H,1,8H2/b3-2-. The lowest BCUT2D eigenvalue weighted by atomic mass is 10.5. The molecule has 3 heteroatoms. The van der Waals surface area contributed by atoms with Crippen LogP contribution in [0.3, 0.4) is 0 Å². The van der Waals surface area contributed by atoms with Crippen molar-refractivity contribution in [2.75, 3.05) is 0 Å².